The number of rotatable bonds is 5. The quantitative estimate of drug-likeness (QED) is 0.834. The summed E-state index contributed by atoms with van der Waals surface area (Å²) in [5, 5.41) is 0.817. The van der Waals surface area contributed by atoms with Crippen LogP contribution in [-0.2, 0) is 6.54 Å². The van der Waals surface area contributed by atoms with Crippen molar-refractivity contribution in [1.82, 2.24) is 9.80 Å². The molecule has 1 saturated heterocycles. The topological polar surface area (TPSA) is 6.48 Å². The molecule has 0 bridgehead atoms. The van der Waals surface area contributed by atoms with Gasteiger partial charge >= 0.3 is 0 Å². The molecule has 0 N–H and O–H groups in total. The maximum absolute atomic E-state index is 5.92. The van der Waals surface area contributed by atoms with E-state index in [-0.39, 0.29) is 0 Å². The second-order valence-electron chi connectivity index (χ2n) is 5.17. The van der Waals surface area contributed by atoms with Gasteiger partial charge in [0.15, 0.2) is 0 Å². The lowest BCUT2D eigenvalue weighted by Crippen LogP contribution is -2.31. The smallest absolute Gasteiger partial charge is 0.0406 e. The third-order valence-electron chi connectivity index (χ3n) is 3.63. The molecule has 1 aromatic rings. The molecule has 0 unspecified atom stereocenters. The summed E-state index contributed by atoms with van der Waals surface area (Å²) in [6.07, 6.45) is 2.46. The lowest BCUT2D eigenvalue weighted by molar-refractivity contribution is 0.252. The Kier molecular flexibility index (Phi) is 6.51. The molecule has 0 atom stereocenters. The predicted molar refractivity (Wildman–Crippen MR) is 86.3 cm³/mol. The third kappa shape index (κ3) is 5.35. The maximum atomic E-state index is 5.92. The molecule has 2 rings (SSSR count). The minimum atomic E-state index is 0.817. The first-order valence-corrected chi connectivity index (χ1v) is 8.09. The van der Waals surface area contributed by atoms with E-state index < -0.39 is 0 Å². The summed E-state index contributed by atoms with van der Waals surface area (Å²) in [4.78, 5) is 5.11. The van der Waals surface area contributed by atoms with E-state index in [4.69, 9.17) is 11.6 Å². The molecule has 1 heterocycles. The van der Waals surface area contributed by atoms with Crippen molar-refractivity contribution in [2.45, 2.75) is 19.4 Å². The van der Waals surface area contributed by atoms with Gasteiger partial charge in [-0.1, -0.05) is 23.7 Å². The fraction of sp³-hybridized carbons (Fsp3) is 0.600. The summed E-state index contributed by atoms with van der Waals surface area (Å²) < 4.78 is 0. The molecule has 19 heavy (non-hydrogen) atoms. The molecule has 4 heteroatoms. The van der Waals surface area contributed by atoms with Crippen LogP contribution in [-0.4, -0.2) is 48.3 Å². The van der Waals surface area contributed by atoms with Crippen LogP contribution in [0.1, 0.15) is 18.4 Å². The molecule has 0 saturated carbocycles. The molecule has 1 aliphatic heterocycles. The van der Waals surface area contributed by atoms with E-state index in [0.29, 0.717) is 0 Å². The Morgan fingerprint density at radius 2 is 1.68 bits per heavy atom. The van der Waals surface area contributed by atoms with E-state index in [1.54, 1.807) is 0 Å². The molecular formula is C15H23ClN2S. The second-order valence-corrected chi connectivity index (χ2v) is 6.06. The summed E-state index contributed by atoms with van der Waals surface area (Å²) >= 11 is 10.2. The average Bonchev–Trinajstić information content (AvgIpc) is 2.64. The van der Waals surface area contributed by atoms with Crippen molar-refractivity contribution in [3.8, 4) is 0 Å². The molecule has 0 amide bonds. The van der Waals surface area contributed by atoms with Crippen molar-refractivity contribution in [2.24, 2.45) is 0 Å². The van der Waals surface area contributed by atoms with Gasteiger partial charge in [-0.2, -0.15) is 12.6 Å². The molecule has 0 aromatic heterocycles. The fourth-order valence-electron chi connectivity index (χ4n) is 2.55. The van der Waals surface area contributed by atoms with Crippen molar-refractivity contribution in [3.05, 3.63) is 34.9 Å². The van der Waals surface area contributed by atoms with E-state index in [2.05, 4.69) is 34.6 Å². The summed E-state index contributed by atoms with van der Waals surface area (Å²) in [6, 6.07) is 8.22. The van der Waals surface area contributed by atoms with E-state index in [0.717, 1.165) is 23.9 Å². The van der Waals surface area contributed by atoms with Crippen LogP contribution in [0.2, 0.25) is 5.02 Å². The van der Waals surface area contributed by atoms with Crippen LogP contribution in [0.5, 0.6) is 0 Å². The molecule has 0 aliphatic carbocycles. The van der Waals surface area contributed by atoms with Gasteiger partial charge in [0.25, 0.3) is 0 Å². The first-order chi connectivity index (χ1) is 9.28. The lowest BCUT2D eigenvalue weighted by Gasteiger charge is -2.21. The van der Waals surface area contributed by atoms with E-state index >= 15 is 0 Å². The SMILES string of the molecule is SCCCN1CCCN(Cc2ccc(Cl)cc2)CC1. The minimum Gasteiger partial charge on any atom is -0.302 e. The van der Waals surface area contributed by atoms with Crippen LogP contribution in [0.3, 0.4) is 0 Å². The molecular weight excluding hydrogens is 276 g/mol. The highest BCUT2D eigenvalue weighted by Crippen LogP contribution is 2.13. The lowest BCUT2D eigenvalue weighted by atomic mass is 10.2. The minimum absolute atomic E-state index is 0.817. The Morgan fingerprint density at radius 1 is 1.00 bits per heavy atom. The predicted octanol–water partition coefficient (Wildman–Crippen LogP) is 3.17. The van der Waals surface area contributed by atoms with Crippen LogP contribution < -0.4 is 0 Å². The number of hydrogen-bond acceptors (Lipinski definition) is 3. The highest BCUT2D eigenvalue weighted by molar-refractivity contribution is 7.80. The number of hydrogen-bond donors (Lipinski definition) is 1. The van der Waals surface area contributed by atoms with Gasteiger partial charge < -0.3 is 4.90 Å². The number of thiol groups is 1. The van der Waals surface area contributed by atoms with Gasteiger partial charge in [0, 0.05) is 24.7 Å². The summed E-state index contributed by atoms with van der Waals surface area (Å²) in [5.74, 6) is 0.991. The summed E-state index contributed by atoms with van der Waals surface area (Å²) in [6.45, 7) is 7.00. The van der Waals surface area contributed by atoms with E-state index in [1.165, 1.54) is 44.6 Å². The van der Waals surface area contributed by atoms with Gasteiger partial charge in [0.2, 0.25) is 0 Å². The normalized spacial score (nSPS) is 18.4. The van der Waals surface area contributed by atoms with E-state index in [1.807, 2.05) is 12.1 Å². The molecule has 1 fully saturated rings. The zero-order valence-corrected chi connectivity index (χ0v) is 13.0. The van der Waals surface area contributed by atoms with Crippen molar-refractivity contribution < 1.29 is 0 Å². The van der Waals surface area contributed by atoms with Crippen LogP contribution in [0.15, 0.2) is 24.3 Å². The molecule has 2 nitrogen and oxygen atoms in total. The first-order valence-electron chi connectivity index (χ1n) is 7.08. The van der Waals surface area contributed by atoms with E-state index in [9.17, 15) is 0 Å². The second kappa shape index (κ2) is 8.15. The largest absolute Gasteiger partial charge is 0.302 e. The molecule has 1 aromatic carbocycles. The van der Waals surface area contributed by atoms with Crippen LogP contribution in [0.25, 0.3) is 0 Å². The molecule has 0 spiro atoms. The Bertz CT molecular complexity index is 369. The van der Waals surface area contributed by atoms with Crippen molar-refractivity contribution in [3.63, 3.8) is 0 Å². The molecule has 1 aliphatic rings. The number of benzene rings is 1. The molecule has 106 valence electrons. The summed E-state index contributed by atoms with van der Waals surface area (Å²) in [5.41, 5.74) is 1.35. The highest BCUT2D eigenvalue weighted by Gasteiger charge is 2.14. The van der Waals surface area contributed by atoms with Gasteiger partial charge in [-0.05, 0) is 55.9 Å². The Balaban J connectivity index is 1.80. The standard InChI is InChI=1S/C15H23ClN2S/c16-15-5-3-14(4-6-15)13-18-8-1-7-17(10-11-18)9-2-12-19/h3-6,19H,1-2,7-13H2. The maximum Gasteiger partial charge on any atom is 0.0406 e. The van der Waals surface area contributed by atoms with Crippen LogP contribution in [0.4, 0.5) is 0 Å². The van der Waals surface area contributed by atoms with Crippen molar-refractivity contribution in [2.75, 3.05) is 38.5 Å². The average molecular weight is 299 g/mol. The zero-order chi connectivity index (χ0) is 13.5. The Labute approximate surface area is 127 Å². The summed E-state index contributed by atoms with van der Waals surface area (Å²) in [7, 11) is 0. The van der Waals surface area contributed by atoms with Crippen molar-refractivity contribution in [1.29, 1.82) is 0 Å². The van der Waals surface area contributed by atoms with Crippen LogP contribution >= 0.6 is 24.2 Å². The Hall–Kier alpha value is -0.220. The first kappa shape index (κ1) is 15.2. The van der Waals surface area contributed by atoms with Gasteiger partial charge in [-0.25, -0.2) is 0 Å². The van der Waals surface area contributed by atoms with Crippen LogP contribution in [0, 0.1) is 0 Å². The molecule has 0 radical (unpaired) electrons. The number of nitrogens with zero attached hydrogens (tertiary/aromatic N) is 2. The van der Waals surface area contributed by atoms with Gasteiger partial charge in [-0.3, -0.25) is 4.90 Å². The third-order valence-corrected chi connectivity index (χ3v) is 4.20. The van der Waals surface area contributed by atoms with Gasteiger partial charge in [0.1, 0.15) is 0 Å². The zero-order valence-electron chi connectivity index (χ0n) is 11.4. The van der Waals surface area contributed by atoms with Crippen molar-refractivity contribution >= 4 is 24.2 Å². The highest BCUT2D eigenvalue weighted by atomic mass is 35.5. The number of halogens is 1. The monoisotopic (exact) mass is 298 g/mol. The van der Waals surface area contributed by atoms with Gasteiger partial charge in [0.05, 0.1) is 0 Å². The Morgan fingerprint density at radius 3 is 2.42 bits per heavy atom. The fourth-order valence-corrected chi connectivity index (χ4v) is 2.82. The van der Waals surface area contributed by atoms with Gasteiger partial charge in [-0.15, -0.1) is 0 Å².